The van der Waals surface area contributed by atoms with Crippen LogP contribution < -0.4 is 5.32 Å². The fraction of sp³-hybridized carbons (Fsp3) is 0.611. The topological polar surface area (TPSA) is 66.5 Å². The molecule has 1 saturated heterocycles. The molecule has 1 amide bonds. The molecule has 3 rings (SSSR count). The van der Waals surface area contributed by atoms with Gasteiger partial charge in [0.1, 0.15) is 0 Å². The smallest absolute Gasteiger partial charge is 0.252 e. The van der Waals surface area contributed by atoms with Gasteiger partial charge in [-0.3, -0.25) is 4.79 Å². The predicted octanol–water partition coefficient (Wildman–Crippen LogP) is 3.54. The van der Waals surface area contributed by atoms with Crippen molar-refractivity contribution in [2.24, 2.45) is 5.92 Å². The molecule has 5 nitrogen and oxygen atoms in total. The number of rotatable bonds is 4. The van der Waals surface area contributed by atoms with E-state index in [2.05, 4.69) is 28.2 Å². The summed E-state index contributed by atoms with van der Waals surface area (Å²) in [6, 6.07) is 4.89. The van der Waals surface area contributed by atoms with Gasteiger partial charge in [-0.05, 0) is 78.6 Å². The minimum Gasteiger partial charge on any atom is -0.349 e. The van der Waals surface area contributed by atoms with Gasteiger partial charge < -0.3 is 5.32 Å². The lowest BCUT2D eigenvalue weighted by molar-refractivity contribution is 0.0922. The SMILES string of the molecule is CC1CCC(NC(=O)c2cc(S(=O)(=O)N3CCCC3)ccc2Br)CC1. The van der Waals surface area contributed by atoms with Gasteiger partial charge in [0.2, 0.25) is 10.0 Å². The fourth-order valence-corrected chi connectivity index (χ4v) is 5.55. The van der Waals surface area contributed by atoms with Crippen LogP contribution in [0.25, 0.3) is 0 Å². The van der Waals surface area contributed by atoms with Crippen LogP contribution >= 0.6 is 15.9 Å². The van der Waals surface area contributed by atoms with Gasteiger partial charge in [0.05, 0.1) is 10.5 Å². The van der Waals surface area contributed by atoms with Crippen molar-refractivity contribution in [3.63, 3.8) is 0 Å². The molecule has 0 spiro atoms. The second kappa shape index (κ2) is 7.76. The molecule has 1 N–H and O–H groups in total. The highest BCUT2D eigenvalue weighted by Gasteiger charge is 2.28. The molecule has 2 aliphatic rings. The molecule has 1 heterocycles. The van der Waals surface area contributed by atoms with Crippen LogP contribution in [0.2, 0.25) is 0 Å². The Hall–Kier alpha value is -0.920. The Morgan fingerprint density at radius 2 is 1.80 bits per heavy atom. The molecule has 1 aromatic rings. The Morgan fingerprint density at radius 1 is 1.16 bits per heavy atom. The highest BCUT2D eigenvalue weighted by molar-refractivity contribution is 9.10. The van der Waals surface area contributed by atoms with Crippen LogP contribution in [-0.2, 0) is 10.0 Å². The Balaban J connectivity index is 1.78. The molecule has 0 radical (unpaired) electrons. The summed E-state index contributed by atoms with van der Waals surface area (Å²) in [5.41, 5.74) is 0.388. The van der Waals surface area contributed by atoms with E-state index in [1.807, 2.05) is 0 Å². The Morgan fingerprint density at radius 3 is 2.44 bits per heavy atom. The van der Waals surface area contributed by atoms with Crippen LogP contribution in [0, 0.1) is 5.92 Å². The van der Waals surface area contributed by atoms with Crippen LogP contribution in [0.15, 0.2) is 27.6 Å². The average Bonchev–Trinajstić information content (AvgIpc) is 3.12. The lowest BCUT2D eigenvalue weighted by Crippen LogP contribution is -2.37. The number of carbonyl (C=O) groups excluding carboxylic acids is 1. The van der Waals surface area contributed by atoms with Crippen LogP contribution in [-0.4, -0.2) is 37.8 Å². The molecule has 138 valence electrons. The standard InChI is InChI=1S/C18H25BrN2O3S/c1-13-4-6-14(7-5-13)20-18(22)16-12-15(8-9-17(16)19)25(23,24)21-10-2-3-11-21/h8-9,12-14H,2-7,10-11H2,1H3,(H,20,22). The van der Waals surface area contributed by atoms with Gasteiger partial charge in [-0.1, -0.05) is 6.92 Å². The summed E-state index contributed by atoms with van der Waals surface area (Å²) >= 11 is 3.39. The van der Waals surface area contributed by atoms with E-state index in [0.717, 1.165) is 38.5 Å². The van der Waals surface area contributed by atoms with Gasteiger partial charge in [0, 0.05) is 23.6 Å². The second-order valence-electron chi connectivity index (χ2n) is 7.18. The quantitative estimate of drug-likeness (QED) is 0.796. The Kier molecular flexibility index (Phi) is 5.85. The van der Waals surface area contributed by atoms with Crippen LogP contribution in [0.5, 0.6) is 0 Å². The molecule has 0 bridgehead atoms. The van der Waals surface area contributed by atoms with E-state index >= 15 is 0 Å². The summed E-state index contributed by atoms with van der Waals surface area (Å²) in [6.07, 6.45) is 5.99. The van der Waals surface area contributed by atoms with Crippen LogP contribution in [0.3, 0.4) is 0 Å². The second-order valence-corrected chi connectivity index (χ2v) is 9.98. The third-order valence-corrected chi connectivity index (χ3v) is 7.82. The van der Waals surface area contributed by atoms with Crippen molar-refractivity contribution in [3.8, 4) is 0 Å². The number of carbonyl (C=O) groups is 1. The van der Waals surface area contributed by atoms with Crippen molar-refractivity contribution < 1.29 is 13.2 Å². The van der Waals surface area contributed by atoms with Crippen molar-refractivity contribution >= 4 is 31.9 Å². The van der Waals surface area contributed by atoms with Gasteiger partial charge in [-0.2, -0.15) is 4.31 Å². The van der Waals surface area contributed by atoms with Gasteiger partial charge in [0.25, 0.3) is 5.91 Å². The highest BCUT2D eigenvalue weighted by Crippen LogP contribution is 2.27. The number of hydrogen-bond donors (Lipinski definition) is 1. The molecule has 25 heavy (non-hydrogen) atoms. The number of nitrogens with zero attached hydrogens (tertiary/aromatic N) is 1. The van der Waals surface area contributed by atoms with Crippen LogP contribution in [0.1, 0.15) is 55.8 Å². The number of hydrogen-bond acceptors (Lipinski definition) is 3. The van der Waals surface area contributed by atoms with Crippen molar-refractivity contribution in [1.29, 1.82) is 0 Å². The summed E-state index contributed by atoms with van der Waals surface area (Å²) < 4.78 is 27.6. The van der Waals surface area contributed by atoms with Gasteiger partial charge in [-0.15, -0.1) is 0 Å². The fourth-order valence-electron chi connectivity index (χ4n) is 3.58. The zero-order valence-electron chi connectivity index (χ0n) is 14.5. The van der Waals surface area contributed by atoms with Crippen LogP contribution in [0.4, 0.5) is 0 Å². The van der Waals surface area contributed by atoms with Crippen molar-refractivity contribution in [2.45, 2.75) is 56.4 Å². The predicted molar refractivity (Wildman–Crippen MR) is 101 cm³/mol. The van der Waals surface area contributed by atoms with E-state index in [9.17, 15) is 13.2 Å². The van der Waals surface area contributed by atoms with E-state index in [1.165, 1.54) is 10.4 Å². The first-order valence-corrected chi connectivity index (χ1v) is 11.2. The van der Waals surface area contributed by atoms with Gasteiger partial charge >= 0.3 is 0 Å². The van der Waals surface area contributed by atoms with E-state index in [4.69, 9.17) is 0 Å². The molecule has 1 saturated carbocycles. The zero-order chi connectivity index (χ0) is 18.0. The molecular weight excluding hydrogens is 404 g/mol. The monoisotopic (exact) mass is 428 g/mol. The maximum Gasteiger partial charge on any atom is 0.252 e. The number of halogens is 1. The Bertz CT molecular complexity index is 737. The summed E-state index contributed by atoms with van der Waals surface area (Å²) in [7, 11) is -3.52. The maximum atomic E-state index is 12.7. The zero-order valence-corrected chi connectivity index (χ0v) is 16.9. The molecule has 1 aliphatic heterocycles. The molecule has 0 atom stereocenters. The van der Waals surface area contributed by atoms with Crippen molar-refractivity contribution in [1.82, 2.24) is 9.62 Å². The van der Waals surface area contributed by atoms with E-state index in [1.54, 1.807) is 12.1 Å². The lowest BCUT2D eigenvalue weighted by Gasteiger charge is -2.27. The maximum absolute atomic E-state index is 12.7. The molecule has 0 unspecified atom stereocenters. The molecular formula is C18H25BrN2O3S. The van der Waals surface area contributed by atoms with Gasteiger partial charge in [0.15, 0.2) is 0 Å². The highest BCUT2D eigenvalue weighted by atomic mass is 79.9. The molecule has 0 aromatic heterocycles. The van der Waals surface area contributed by atoms with Crippen molar-refractivity contribution in [2.75, 3.05) is 13.1 Å². The number of sulfonamides is 1. The molecule has 1 aliphatic carbocycles. The van der Waals surface area contributed by atoms with Crippen molar-refractivity contribution in [3.05, 3.63) is 28.2 Å². The summed E-state index contributed by atoms with van der Waals surface area (Å²) in [6.45, 7) is 3.35. The first kappa shape index (κ1) is 18.9. The number of benzene rings is 1. The first-order valence-electron chi connectivity index (χ1n) is 8.98. The number of amides is 1. The molecule has 7 heteroatoms. The molecule has 1 aromatic carbocycles. The summed E-state index contributed by atoms with van der Waals surface area (Å²) in [5, 5.41) is 3.07. The van der Waals surface area contributed by atoms with E-state index < -0.39 is 10.0 Å². The van der Waals surface area contributed by atoms with E-state index in [-0.39, 0.29) is 16.8 Å². The van der Waals surface area contributed by atoms with E-state index in [0.29, 0.717) is 29.0 Å². The normalized spacial score (nSPS) is 25.0. The minimum absolute atomic E-state index is 0.175. The average molecular weight is 429 g/mol. The summed E-state index contributed by atoms with van der Waals surface area (Å²) in [5.74, 6) is 0.513. The minimum atomic E-state index is -3.52. The molecule has 2 fully saturated rings. The summed E-state index contributed by atoms with van der Waals surface area (Å²) in [4.78, 5) is 12.9. The largest absolute Gasteiger partial charge is 0.349 e. The Labute approximate surface area is 158 Å². The first-order chi connectivity index (χ1) is 11.9. The van der Waals surface area contributed by atoms with Gasteiger partial charge in [-0.25, -0.2) is 8.42 Å². The third kappa shape index (κ3) is 4.26. The third-order valence-electron chi connectivity index (χ3n) is 5.24. The lowest BCUT2D eigenvalue weighted by atomic mass is 9.87. The number of nitrogens with one attached hydrogen (secondary N) is 1.